The maximum atomic E-state index is 13.6. The Morgan fingerprint density at radius 1 is 1.30 bits per heavy atom. The Kier molecular flexibility index (Phi) is 5.83. The van der Waals surface area contributed by atoms with Gasteiger partial charge >= 0.3 is 0 Å². The van der Waals surface area contributed by atoms with Gasteiger partial charge in [0.2, 0.25) is 0 Å². The Hall–Kier alpha value is -1.02. The van der Waals surface area contributed by atoms with Crippen LogP contribution in [0.2, 0.25) is 0 Å². The molecular weight excluding hydrogens is 373 g/mol. The number of nitrogens with zero attached hydrogens (tertiary/aromatic N) is 3. The van der Waals surface area contributed by atoms with Crippen LogP contribution in [0.1, 0.15) is 25.7 Å². The van der Waals surface area contributed by atoms with Gasteiger partial charge in [-0.15, -0.1) is 11.6 Å². The predicted molar refractivity (Wildman–Crippen MR) is 97.7 cm³/mol. The van der Waals surface area contributed by atoms with Crippen molar-refractivity contribution in [2.75, 3.05) is 26.2 Å². The quantitative estimate of drug-likeness (QED) is 0.481. The van der Waals surface area contributed by atoms with Crippen LogP contribution in [-0.4, -0.2) is 71.7 Å². The molecule has 1 amide bonds. The van der Waals surface area contributed by atoms with Crippen LogP contribution in [0.15, 0.2) is 0 Å². The van der Waals surface area contributed by atoms with E-state index in [4.69, 9.17) is 11.6 Å². The van der Waals surface area contributed by atoms with Gasteiger partial charge in [0.1, 0.15) is 11.5 Å². The van der Waals surface area contributed by atoms with Gasteiger partial charge in [0, 0.05) is 38.3 Å². The Morgan fingerprint density at radius 2 is 2.15 bits per heavy atom. The standard InChI is InChI=1S/C17H27ClFN7O/c18-16-15(7-21-23-17(16)27)25-4-3-14-13(9-25)22-24-26(14)8-10-1-2-12(19)5-11(10)6-20/h10-16,21-22,24H,1-5,7-9H2,(H,23,27). The van der Waals surface area contributed by atoms with Gasteiger partial charge < -0.3 is 0 Å². The number of nitrogens with one attached hydrogen (secondary N) is 4. The molecule has 7 atom stereocenters. The molecule has 4 aliphatic rings. The number of amides is 1. The SMILES string of the molecule is N#CC1CC(F)CCC1CN1NNC2CN(C3CNNC(=O)C3Cl)CCC21. The molecule has 0 aromatic carbocycles. The van der Waals surface area contributed by atoms with Crippen LogP contribution in [0.4, 0.5) is 4.39 Å². The van der Waals surface area contributed by atoms with Crippen molar-refractivity contribution in [1.29, 1.82) is 5.26 Å². The highest BCUT2D eigenvalue weighted by Crippen LogP contribution is 2.33. The first-order valence-electron chi connectivity index (χ1n) is 9.79. The molecular formula is C17H27ClFN7O. The van der Waals surface area contributed by atoms with Crippen molar-refractivity contribution < 1.29 is 9.18 Å². The topological polar surface area (TPSA) is 95.5 Å². The molecule has 0 bridgehead atoms. The van der Waals surface area contributed by atoms with Crippen molar-refractivity contribution in [2.24, 2.45) is 11.8 Å². The lowest BCUT2D eigenvalue weighted by atomic mass is 9.79. The van der Waals surface area contributed by atoms with Crippen LogP contribution < -0.4 is 21.8 Å². The smallest absolute Gasteiger partial charge is 0.253 e. The van der Waals surface area contributed by atoms with E-state index < -0.39 is 11.5 Å². The molecule has 0 radical (unpaired) electrons. The third-order valence-corrected chi connectivity index (χ3v) is 7.00. The van der Waals surface area contributed by atoms with E-state index >= 15 is 0 Å². The first-order valence-corrected chi connectivity index (χ1v) is 10.2. The normalized spacial score (nSPS) is 43.7. The summed E-state index contributed by atoms with van der Waals surface area (Å²) in [5.74, 6) is -0.190. The summed E-state index contributed by atoms with van der Waals surface area (Å²) in [4.78, 5) is 14.1. The number of hydrogen-bond acceptors (Lipinski definition) is 7. The highest BCUT2D eigenvalue weighted by molar-refractivity contribution is 6.31. The van der Waals surface area contributed by atoms with Gasteiger partial charge in [-0.3, -0.25) is 15.1 Å². The molecule has 4 rings (SSSR count). The lowest BCUT2D eigenvalue weighted by Gasteiger charge is -2.43. The number of rotatable bonds is 3. The van der Waals surface area contributed by atoms with Gasteiger partial charge in [-0.25, -0.2) is 20.3 Å². The van der Waals surface area contributed by atoms with Crippen molar-refractivity contribution in [2.45, 2.75) is 55.4 Å². The van der Waals surface area contributed by atoms with E-state index in [1.165, 1.54) is 0 Å². The van der Waals surface area contributed by atoms with Crippen LogP contribution in [0.3, 0.4) is 0 Å². The number of hydrogen-bond donors (Lipinski definition) is 4. The molecule has 3 aliphatic heterocycles. The molecule has 0 spiro atoms. The van der Waals surface area contributed by atoms with Crippen molar-refractivity contribution >= 4 is 17.5 Å². The molecule has 1 aliphatic carbocycles. The average Bonchev–Trinajstić information content (AvgIpc) is 3.07. The summed E-state index contributed by atoms with van der Waals surface area (Å²) in [6.07, 6.45) is 1.79. The third-order valence-electron chi connectivity index (χ3n) is 6.51. The molecule has 4 N–H and O–H groups in total. The summed E-state index contributed by atoms with van der Waals surface area (Å²) in [7, 11) is 0. The number of carbonyl (C=O) groups excluding carboxylic acids is 1. The van der Waals surface area contributed by atoms with E-state index in [9.17, 15) is 14.4 Å². The molecule has 0 aromatic heterocycles. The maximum absolute atomic E-state index is 13.6. The van der Waals surface area contributed by atoms with E-state index in [2.05, 4.69) is 37.8 Å². The Bertz CT molecular complexity index is 604. The molecule has 150 valence electrons. The number of fused-ring (bicyclic) bond motifs is 1. The molecule has 3 saturated heterocycles. The van der Waals surface area contributed by atoms with Crippen molar-refractivity contribution in [1.82, 2.24) is 31.7 Å². The van der Waals surface area contributed by atoms with Crippen molar-refractivity contribution in [3.8, 4) is 6.07 Å². The molecule has 7 unspecified atom stereocenters. The van der Waals surface area contributed by atoms with Crippen molar-refractivity contribution in [3.63, 3.8) is 0 Å². The Morgan fingerprint density at radius 3 is 2.96 bits per heavy atom. The average molecular weight is 400 g/mol. The highest BCUT2D eigenvalue weighted by atomic mass is 35.5. The molecule has 3 heterocycles. The van der Waals surface area contributed by atoms with Crippen LogP contribution in [0.5, 0.6) is 0 Å². The largest absolute Gasteiger partial charge is 0.295 e. The number of halogens is 2. The van der Waals surface area contributed by atoms with Gasteiger partial charge in [0.05, 0.1) is 18.0 Å². The van der Waals surface area contributed by atoms with E-state index in [0.717, 1.165) is 32.5 Å². The van der Waals surface area contributed by atoms with Gasteiger partial charge in [-0.1, -0.05) is 0 Å². The highest BCUT2D eigenvalue weighted by Gasteiger charge is 2.44. The van der Waals surface area contributed by atoms with Crippen LogP contribution in [-0.2, 0) is 4.79 Å². The molecule has 10 heteroatoms. The summed E-state index contributed by atoms with van der Waals surface area (Å²) in [5.41, 5.74) is 12.1. The number of carbonyl (C=O) groups is 1. The van der Waals surface area contributed by atoms with E-state index in [1.54, 1.807) is 0 Å². The molecule has 4 fully saturated rings. The van der Waals surface area contributed by atoms with Gasteiger partial charge in [0.25, 0.3) is 5.91 Å². The first-order chi connectivity index (χ1) is 13.1. The number of alkyl halides is 2. The second-order valence-corrected chi connectivity index (χ2v) is 8.58. The lowest BCUT2D eigenvalue weighted by molar-refractivity contribution is -0.125. The predicted octanol–water partition coefficient (Wildman–Crippen LogP) is -0.358. The molecule has 8 nitrogen and oxygen atoms in total. The van der Waals surface area contributed by atoms with Crippen LogP contribution in [0, 0.1) is 23.2 Å². The zero-order valence-corrected chi connectivity index (χ0v) is 16.0. The fraction of sp³-hybridized carbons (Fsp3) is 0.882. The minimum Gasteiger partial charge on any atom is -0.295 e. The lowest BCUT2D eigenvalue weighted by Crippen LogP contribution is -2.65. The first kappa shape index (κ1) is 19.3. The second-order valence-electron chi connectivity index (χ2n) is 8.11. The minimum atomic E-state index is -0.837. The second kappa shape index (κ2) is 8.15. The third kappa shape index (κ3) is 3.92. The number of likely N-dealkylation sites (tertiary alicyclic amines) is 1. The molecule has 0 aromatic rings. The zero-order chi connectivity index (χ0) is 19.0. The van der Waals surface area contributed by atoms with Crippen LogP contribution >= 0.6 is 11.6 Å². The minimum absolute atomic E-state index is 0.0278. The molecule has 1 saturated carbocycles. The van der Waals surface area contributed by atoms with E-state index in [1.807, 2.05) is 0 Å². The van der Waals surface area contributed by atoms with E-state index in [0.29, 0.717) is 25.4 Å². The van der Waals surface area contributed by atoms with E-state index in [-0.39, 0.29) is 29.8 Å². The number of nitriles is 1. The maximum Gasteiger partial charge on any atom is 0.253 e. The van der Waals surface area contributed by atoms with Gasteiger partial charge in [-0.2, -0.15) is 10.8 Å². The summed E-state index contributed by atoms with van der Waals surface area (Å²) in [6.45, 7) is 3.05. The zero-order valence-electron chi connectivity index (χ0n) is 15.2. The summed E-state index contributed by atoms with van der Waals surface area (Å²) in [6, 6.07) is 2.83. The summed E-state index contributed by atoms with van der Waals surface area (Å²) < 4.78 is 13.6. The van der Waals surface area contributed by atoms with Crippen molar-refractivity contribution in [3.05, 3.63) is 0 Å². The Labute approximate surface area is 163 Å². The Balaban J connectivity index is 1.34. The fourth-order valence-electron chi connectivity index (χ4n) is 4.93. The summed E-state index contributed by atoms with van der Waals surface area (Å²) in [5, 5.41) is 11.0. The van der Waals surface area contributed by atoms with Gasteiger partial charge in [-0.05, 0) is 31.6 Å². The number of piperidine rings is 1. The summed E-state index contributed by atoms with van der Waals surface area (Å²) >= 11 is 6.31. The fourth-order valence-corrected chi connectivity index (χ4v) is 5.23. The molecule has 27 heavy (non-hydrogen) atoms. The van der Waals surface area contributed by atoms with Crippen LogP contribution in [0.25, 0.3) is 0 Å². The monoisotopic (exact) mass is 399 g/mol. The van der Waals surface area contributed by atoms with Gasteiger partial charge in [0.15, 0.2) is 0 Å². The number of hydrazine groups is 3.